The molecule has 0 radical (unpaired) electrons. The summed E-state index contributed by atoms with van der Waals surface area (Å²) >= 11 is 3.31. The lowest BCUT2D eigenvalue weighted by atomic mass is 10.1. The number of ether oxygens (including phenoxy) is 1. The summed E-state index contributed by atoms with van der Waals surface area (Å²) in [5.74, 6) is -0.483. The van der Waals surface area contributed by atoms with E-state index < -0.39 is 4.92 Å². The van der Waals surface area contributed by atoms with Crippen molar-refractivity contribution in [1.82, 2.24) is 0 Å². The van der Waals surface area contributed by atoms with Crippen LogP contribution in [-0.2, 0) is 9.53 Å². The van der Waals surface area contributed by atoms with Gasteiger partial charge >= 0.3 is 5.97 Å². The van der Waals surface area contributed by atoms with Crippen LogP contribution in [0.5, 0.6) is 0 Å². The molecule has 0 spiro atoms. The van der Waals surface area contributed by atoms with Crippen molar-refractivity contribution in [2.24, 2.45) is 5.92 Å². The predicted molar refractivity (Wildman–Crippen MR) is 73.1 cm³/mol. The molecular formula is C12H13BrN2O4. The van der Waals surface area contributed by atoms with Gasteiger partial charge in [-0.25, -0.2) is 0 Å². The van der Waals surface area contributed by atoms with Crippen LogP contribution in [0.3, 0.4) is 0 Å². The van der Waals surface area contributed by atoms with Crippen LogP contribution >= 0.6 is 15.9 Å². The first-order valence-corrected chi connectivity index (χ1v) is 6.59. The number of rotatable bonds is 3. The van der Waals surface area contributed by atoms with Crippen molar-refractivity contribution in [2.45, 2.75) is 6.42 Å². The maximum atomic E-state index is 11.5. The number of nitrogens with zero attached hydrogens (tertiary/aromatic N) is 2. The fourth-order valence-electron chi connectivity index (χ4n) is 2.24. The van der Waals surface area contributed by atoms with Gasteiger partial charge in [0.2, 0.25) is 0 Å². The molecule has 1 fully saturated rings. The van der Waals surface area contributed by atoms with E-state index in [1.807, 2.05) is 4.90 Å². The first-order chi connectivity index (χ1) is 9.02. The lowest BCUT2D eigenvalue weighted by molar-refractivity contribution is -0.384. The van der Waals surface area contributed by atoms with Gasteiger partial charge in [0.15, 0.2) is 0 Å². The van der Waals surface area contributed by atoms with Gasteiger partial charge in [-0.1, -0.05) is 15.9 Å². The monoisotopic (exact) mass is 328 g/mol. The molecule has 1 aromatic rings. The fourth-order valence-corrected chi connectivity index (χ4v) is 2.59. The molecule has 19 heavy (non-hydrogen) atoms. The molecule has 1 unspecified atom stereocenters. The van der Waals surface area contributed by atoms with E-state index in [2.05, 4.69) is 15.9 Å². The summed E-state index contributed by atoms with van der Waals surface area (Å²) in [5.41, 5.74) is 0.583. The van der Waals surface area contributed by atoms with E-state index in [-0.39, 0.29) is 17.6 Å². The molecule has 7 heteroatoms. The number of halogens is 1. The molecule has 2 rings (SSSR count). The molecule has 1 heterocycles. The van der Waals surface area contributed by atoms with Crippen molar-refractivity contribution in [3.63, 3.8) is 0 Å². The van der Waals surface area contributed by atoms with Crippen LogP contribution < -0.4 is 4.90 Å². The SMILES string of the molecule is COC(=O)C1CCN(c2cc(Br)ccc2[N+](=O)[O-])C1. The standard InChI is InChI=1S/C12H13BrN2O4/c1-19-12(16)8-4-5-14(7-8)11-6-9(13)2-3-10(11)15(17)18/h2-3,6,8H,4-5,7H2,1H3. The minimum absolute atomic E-state index is 0.0497. The molecule has 1 aliphatic rings. The third-order valence-corrected chi connectivity index (χ3v) is 3.69. The van der Waals surface area contributed by atoms with Crippen molar-refractivity contribution in [1.29, 1.82) is 0 Å². The molecule has 102 valence electrons. The molecule has 1 atom stereocenters. The predicted octanol–water partition coefficient (Wildman–Crippen LogP) is 2.36. The highest BCUT2D eigenvalue weighted by atomic mass is 79.9. The zero-order valence-corrected chi connectivity index (χ0v) is 11.9. The van der Waals surface area contributed by atoms with Crippen molar-refractivity contribution in [3.8, 4) is 0 Å². The van der Waals surface area contributed by atoms with E-state index in [9.17, 15) is 14.9 Å². The van der Waals surface area contributed by atoms with Crippen molar-refractivity contribution in [3.05, 3.63) is 32.8 Å². The Morgan fingerprint density at radius 3 is 2.95 bits per heavy atom. The van der Waals surface area contributed by atoms with Gasteiger partial charge in [0.05, 0.1) is 18.0 Å². The molecular weight excluding hydrogens is 316 g/mol. The van der Waals surface area contributed by atoms with Gasteiger partial charge in [0.1, 0.15) is 5.69 Å². The number of benzene rings is 1. The Morgan fingerprint density at radius 1 is 1.58 bits per heavy atom. The topological polar surface area (TPSA) is 72.7 Å². The third-order valence-electron chi connectivity index (χ3n) is 3.20. The molecule has 0 aromatic heterocycles. The number of carbonyl (C=O) groups excluding carboxylic acids is 1. The van der Waals surface area contributed by atoms with Gasteiger partial charge in [-0.2, -0.15) is 0 Å². The number of nitro benzene ring substituents is 1. The van der Waals surface area contributed by atoms with E-state index in [0.717, 1.165) is 4.47 Å². The second-order valence-electron chi connectivity index (χ2n) is 4.34. The summed E-state index contributed by atoms with van der Waals surface area (Å²) in [4.78, 5) is 24.0. The quantitative estimate of drug-likeness (QED) is 0.484. The molecule has 1 aromatic carbocycles. The molecule has 0 aliphatic carbocycles. The van der Waals surface area contributed by atoms with Crippen molar-refractivity contribution >= 4 is 33.3 Å². The van der Waals surface area contributed by atoms with Crippen LogP contribution in [0.25, 0.3) is 0 Å². The highest BCUT2D eigenvalue weighted by Crippen LogP contribution is 2.34. The summed E-state index contributed by atoms with van der Waals surface area (Å²) in [6, 6.07) is 4.80. The Kier molecular flexibility index (Phi) is 4.04. The second kappa shape index (κ2) is 5.56. The summed E-state index contributed by atoms with van der Waals surface area (Å²) in [6.07, 6.45) is 0.649. The molecule has 1 saturated heterocycles. The van der Waals surface area contributed by atoms with Crippen LogP contribution in [0.1, 0.15) is 6.42 Å². The van der Waals surface area contributed by atoms with Gasteiger partial charge in [-0.15, -0.1) is 0 Å². The minimum atomic E-state index is -0.409. The van der Waals surface area contributed by atoms with Crippen LogP contribution in [0, 0.1) is 16.0 Å². The number of nitro groups is 1. The van der Waals surface area contributed by atoms with Crippen molar-refractivity contribution in [2.75, 3.05) is 25.1 Å². The number of esters is 1. The number of methoxy groups -OCH3 is 1. The number of carbonyl (C=O) groups is 1. The number of hydrogen-bond donors (Lipinski definition) is 0. The van der Waals surface area contributed by atoms with Crippen LogP contribution in [-0.4, -0.2) is 31.1 Å². The Hall–Kier alpha value is -1.63. The number of hydrogen-bond acceptors (Lipinski definition) is 5. The smallest absolute Gasteiger partial charge is 0.310 e. The second-order valence-corrected chi connectivity index (χ2v) is 5.26. The maximum absolute atomic E-state index is 11.5. The fraction of sp³-hybridized carbons (Fsp3) is 0.417. The van der Waals surface area contributed by atoms with E-state index in [0.29, 0.717) is 25.2 Å². The average molecular weight is 329 g/mol. The molecule has 0 N–H and O–H groups in total. The van der Waals surface area contributed by atoms with Crippen LogP contribution in [0.4, 0.5) is 11.4 Å². The van der Waals surface area contributed by atoms with Gasteiger partial charge in [0, 0.05) is 23.6 Å². The van der Waals surface area contributed by atoms with E-state index >= 15 is 0 Å². The van der Waals surface area contributed by atoms with Crippen LogP contribution in [0.2, 0.25) is 0 Å². The first kappa shape index (κ1) is 13.8. The van der Waals surface area contributed by atoms with Gasteiger partial charge in [0.25, 0.3) is 5.69 Å². The lowest BCUT2D eigenvalue weighted by Crippen LogP contribution is -2.24. The largest absolute Gasteiger partial charge is 0.469 e. The highest BCUT2D eigenvalue weighted by molar-refractivity contribution is 9.10. The number of anilines is 1. The van der Waals surface area contributed by atoms with Crippen LogP contribution in [0.15, 0.2) is 22.7 Å². The molecule has 0 saturated carbocycles. The summed E-state index contributed by atoms with van der Waals surface area (Å²) in [7, 11) is 1.35. The van der Waals surface area contributed by atoms with E-state index in [1.54, 1.807) is 12.1 Å². The van der Waals surface area contributed by atoms with E-state index in [4.69, 9.17) is 4.74 Å². The Labute approximate surface area is 118 Å². The van der Waals surface area contributed by atoms with E-state index in [1.165, 1.54) is 13.2 Å². The Bertz CT molecular complexity index is 520. The summed E-state index contributed by atoms with van der Waals surface area (Å²) < 4.78 is 5.48. The summed E-state index contributed by atoms with van der Waals surface area (Å²) in [5, 5.41) is 11.0. The Balaban J connectivity index is 2.26. The average Bonchev–Trinajstić information content (AvgIpc) is 2.86. The first-order valence-electron chi connectivity index (χ1n) is 5.79. The summed E-state index contributed by atoms with van der Waals surface area (Å²) in [6.45, 7) is 1.06. The zero-order valence-electron chi connectivity index (χ0n) is 10.3. The lowest BCUT2D eigenvalue weighted by Gasteiger charge is -2.18. The molecule has 0 amide bonds. The third kappa shape index (κ3) is 2.86. The minimum Gasteiger partial charge on any atom is -0.469 e. The van der Waals surface area contributed by atoms with Crippen molar-refractivity contribution < 1.29 is 14.5 Å². The molecule has 0 bridgehead atoms. The maximum Gasteiger partial charge on any atom is 0.310 e. The van der Waals surface area contributed by atoms with Gasteiger partial charge < -0.3 is 9.64 Å². The Morgan fingerprint density at radius 2 is 2.32 bits per heavy atom. The normalized spacial score (nSPS) is 18.4. The zero-order chi connectivity index (χ0) is 14.0. The van der Waals surface area contributed by atoms with Gasteiger partial charge in [-0.3, -0.25) is 14.9 Å². The molecule has 6 nitrogen and oxygen atoms in total. The molecule has 1 aliphatic heterocycles. The van der Waals surface area contributed by atoms with Gasteiger partial charge in [-0.05, 0) is 18.6 Å². The highest BCUT2D eigenvalue weighted by Gasteiger charge is 2.32.